The maximum absolute atomic E-state index is 13.4. The van der Waals surface area contributed by atoms with E-state index in [-0.39, 0.29) is 24.0 Å². The van der Waals surface area contributed by atoms with Crippen LogP contribution in [-0.4, -0.2) is 36.9 Å². The van der Waals surface area contributed by atoms with E-state index in [1.54, 1.807) is 19.2 Å². The Kier molecular flexibility index (Phi) is 12.4. The van der Waals surface area contributed by atoms with Crippen molar-refractivity contribution in [2.45, 2.75) is 91.1 Å². The van der Waals surface area contributed by atoms with Crippen LogP contribution in [0.25, 0.3) is 0 Å². The second kappa shape index (κ2) is 15.7. The van der Waals surface area contributed by atoms with Crippen LogP contribution in [0, 0.1) is 18.8 Å². The molecule has 0 saturated carbocycles. The van der Waals surface area contributed by atoms with Gasteiger partial charge in [-0.3, -0.25) is 9.59 Å². The second-order valence-electron chi connectivity index (χ2n) is 11.4. The van der Waals surface area contributed by atoms with Crippen LogP contribution in [0.5, 0.6) is 0 Å². The van der Waals surface area contributed by atoms with E-state index in [0.717, 1.165) is 76.2 Å². The molecule has 41 heavy (non-hydrogen) atoms. The van der Waals surface area contributed by atoms with Crippen molar-refractivity contribution in [1.29, 1.82) is 0 Å². The first-order valence-electron chi connectivity index (χ1n) is 14.9. The molecule has 0 bridgehead atoms. The van der Waals surface area contributed by atoms with E-state index in [9.17, 15) is 18.4 Å². The summed E-state index contributed by atoms with van der Waals surface area (Å²) in [5.74, 6) is -1.95. The van der Waals surface area contributed by atoms with Gasteiger partial charge in [-0.2, -0.15) is 10.2 Å². The van der Waals surface area contributed by atoms with Gasteiger partial charge in [-0.05, 0) is 74.1 Å². The minimum Gasteiger partial charge on any atom is -0.461 e. The smallest absolute Gasteiger partial charge is 0.306 e. The van der Waals surface area contributed by atoms with Crippen molar-refractivity contribution in [3.63, 3.8) is 0 Å². The highest BCUT2D eigenvalue weighted by molar-refractivity contribution is 5.95. The molecule has 1 amide bonds. The summed E-state index contributed by atoms with van der Waals surface area (Å²) in [6, 6.07) is 11.5. The van der Waals surface area contributed by atoms with Crippen molar-refractivity contribution in [3.05, 3.63) is 64.7 Å². The van der Waals surface area contributed by atoms with Gasteiger partial charge in [0.15, 0.2) is 0 Å². The van der Waals surface area contributed by atoms with Gasteiger partial charge in [-0.1, -0.05) is 56.5 Å². The molecule has 0 radical (unpaired) electrons. The van der Waals surface area contributed by atoms with Gasteiger partial charge in [0.1, 0.15) is 6.61 Å². The zero-order valence-corrected chi connectivity index (χ0v) is 25.0. The van der Waals surface area contributed by atoms with Crippen molar-refractivity contribution in [1.82, 2.24) is 4.90 Å². The monoisotopic (exact) mass is 569 g/mol. The Morgan fingerprint density at radius 3 is 2.39 bits per heavy atom. The summed E-state index contributed by atoms with van der Waals surface area (Å²) in [6.45, 7) is 6.63. The third-order valence-corrected chi connectivity index (χ3v) is 8.05. The Balaban J connectivity index is 1.42. The molecule has 1 atom stereocenters. The van der Waals surface area contributed by atoms with E-state index in [1.807, 2.05) is 30.0 Å². The number of hydrogen-bond donors (Lipinski definition) is 0. The number of ether oxygens (including phenoxy) is 1. The van der Waals surface area contributed by atoms with Crippen LogP contribution in [0.15, 0.2) is 52.7 Å². The number of piperidine rings is 1. The molecule has 2 aromatic carbocycles. The van der Waals surface area contributed by atoms with Gasteiger partial charge in [0.25, 0.3) is 11.8 Å². The van der Waals surface area contributed by atoms with E-state index in [0.29, 0.717) is 29.4 Å². The molecular formula is C33H45F2N3O3. The Labute approximate surface area is 243 Å². The fraction of sp³-hybridized carbons (Fsp3) is 0.576. The fourth-order valence-corrected chi connectivity index (χ4v) is 5.52. The SMILES string of the molecule is CCCCC(CCCC(=O)OCc1ccc(C(C)(F)F)cc1)CC1CCN(C(=O)c2ccc(C)c(N=NC)c2)CC1. The summed E-state index contributed by atoms with van der Waals surface area (Å²) >= 11 is 0. The van der Waals surface area contributed by atoms with Crippen LogP contribution >= 0.6 is 0 Å². The average Bonchev–Trinajstić information content (AvgIpc) is 2.95. The zero-order valence-electron chi connectivity index (χ0n) is 25.0. The largest absolute Gasteiger partial charge is 0.461 e. The first-order chi connectivity index (χ1) is 19.6. The number of hydrogen-bond acceptors (Lipinski definition) is 5. The summed E-state index contributed by atoms with van der Waals surface area (Å²) in [5, 5.41) is 7.99. The topological polar surface area (TPSA) is 71.3 Å². The highest BCUT2D eigenvalue weighted by atomic mass is 19.3. The Hall–Kier alpha value is -3.16. The summed E-state index contributed by atoms with van der Waals surface area (Å²) in [5.41, 5.74) is 3.03. The van der Waals surface area contributed by atoms with Crippen molar-refractivity contribution >= 4 is 17.6 Å². The van der Waals surface area contributed by atoms with Gasteiger partial charge in [-0.25, -0.2) is 8.78 Å². The fourth-order valence-electron chi connectivity index (χ4n) is 5.52. The highest BCUT2D eigenvalue weighted by Gasteiger charge is 2.26. The predicted molar refractivity (Wildman–Crippen MR) is 158 cm³/mol. The standard InChI is InChI=1S/C33H45F2N3O3/c1-5-6-8-25(9-7-10-31(39)41-23-27-12-15-29(16-13-27)33(3,34)35)21-26-17-19-38(20-18-26)32(40)28-14-11-24(2)30(22-28)37-36-4/h11-16,22,25-26H,5-10,17-21,23H2,1-4H3. The number of azo groups is 1. The van der Waals surface area contributed by atoms with E-state index in [4.69, 9.17) is 4.74 Å². The number of aryl methyl sites for hydroxylation is 1. The molecule has 0 spiro atoms. The lowest BCUT2D eigenvalue weighted by Crippen LogP contribution is -2.38. The van der Waals surface area contributed by atoms with Crippen LogP contribution < -0.4 is 0 Å². The number of esters is 1. The van der Waals surface area contributed by atoms with Gasteiger partial charge >= 0.3 is 5.97 Å². The number of nitrogens with zero attached hydrogens (tertiary/aromatic N) is 3. The number of likely N-dealkylation sites (tertiary alicyclic amines) is 1. The molecule has 3 rings (SSSR count). The molecule has 0 aromatic heterocycles. The first kappa shape index (κ1) is 32.4. The Morgan fingerprint density at radius 2 is 1.76 bits per heavy atom. The van der Waals surface area contributed by atoms with E-state index in [1.165, 1.54) is 18.6 Å². The van der Waals surface area contributed by atoms with E-state index in [2.05, 4.69) is 17.2 Å². The molecule has 2 aromatic rings. The molecule has 1 unspecified atom stereocenters. The molecule has 1 saturated heterocycles. The third-order valence-electron chi connectivity index (χ3n) is 8.05. The van der Waals surface area contributed by atoms with E-state index < -0.39 is 5.92 Å². The normalized spacial score (nSPS) is 15.3. The number of benzene rings is 2. The molecule has 1 fully saturated rings. The molecule has 6 nitrogen and oxygen atoms in total. The maximum atomic E-state index is 13.4. The van der Waals surface area contributed by atoms with Gasteiger partial charge < -0.3 is 9.64 Å². The first-order valence-corrected chi connectivity index (χ1v) is 14.9. The molecule has 1 aliphatic heterocycles. The lowest BCUT2D eigenvalue weighted by atomic mass is 9.82. The van der Waals surface area contributed by atoms with Gasteiger partial charge in [0.2, 0.25) is 0 Å². The van der Waals surface area contributed by atoms with Gasteiger partial charge in [-0.15, -0.1) is 0 Å². The minimum absolute atomic E-state index is 0.0521. The quantitative estimate of drug-likeness (QED) is 0.169. The van der Waals surface area contributed by atoms with E-state index >= 15 is 0 Å². The average molecular weight is 570 g/mol. The Bertz CT molecular complexity index is 1150. The van der Waals surface area contributed by atoms with Gasteiger partial charge in [0.05, 0.1) is 5.69 Å². The van der Waals surface area contributed by atoms with Crippen molar-refractivity contribution < 1.29 is 23.1 Å². The molecule has 224 valence electrons. The molecule has 1 heterocycles. The molecule has 8 heteroatoms. The molecular weight excluding hydrogens is 524 g/mol. The lowest BCUT2D eigenvalue weighted by molar-refractivity contribution is -0.145. The second-order valence-corrected chi connectivity index (χ2v) is 11.4. The number of alkyl halides is 2. The lowest BCUT2D eigenvalue weighted by Gasteiger charge is -2.34. The number of unbranched alkanes of at least 4 members (excludes halogenated alkanes) is 1. The summed E-state index contributed by atoms with van der Waals surface area (Å²) in [7, 11) is 1.63. The van der Waals surface area contributed by atoms with Gasteiger partial charge in [0, 0.05) is 44.6 Å². The molecule has 0 aliphatic carbocycles. The van der Waals surface area contributed by atoms with Crippen molar-refractivity contribution in [2.75, 3.05) is 20.1 Å². The number of rotatable bonds is 14. The third kappa shape index (κ3) is 10.3. The number of amides is 1. The Morgan fingerprint density at radius 1 is 1.07 bits per heavy atom. The van der Waals surface area contributed by atoms with Crippen molar-refractivity contribution in [3.8, 4) is 0 Å². The predicted octanol–water partition coefficient (Wildman–Crippen LogP) is 8.78. The van der Waals surface area contributed by atoms with Crippen LogP contribution in [0.2, 0.25) is 0 Å². The van der Waals surface area contributed by atoms with Crippen LogP contribution in [0.4, 0.5) is 14.5 Å². The summed E-state index contributed by atoms with van der Waals surface area (Å²) in [4.78, 5) is 27.4. The van der Waals surface area contributed by atoms with Crippen LogP contribution in [0.3, 0.4) is 0 Å². The number of halogens is 2. The van der Waals surface area contributed by atoms with Crippen LogP contribution in [0.1, 0.15) is 98.7 Å². The molecule has 0 N–H and O–H groups in total. The molecule has 1 aliphatic rings. The highest BCUT2D eigenvalue weighted by Crippen LogP contribution is 2.31. The summed E-state index contributed by atoms with van der Waals surface area (Å²) in [6.07, 6.45) is 8.68. The zero-order chi connectivity index (χ0) is 29.8. The maximum Gasteiger partial charge on any atom is 0.306 e. The van der Waals surface area contributed by atoms with Crippen LogP contribution in [-0.2, 0) is 22.1 Å². The van der Waals surface area contributed by atoms with Crippen molar-refractivity contribution in [2.24, 2.45) is 22.1 Å². The minimum atomic E-state index is -2.88. The number of carbonyl (C=O) groups is 2. The summed E-state index contributed by atoms with van der Waals surface area (Å²) < 4.78 is 32.2. The number of carbonyl (C=O) groups excluding carboxylic acids is 2.